The Morgan fingerprint density at radius 3 is 2.46 bits per heavy atom. The van der Waals surface area contributed by atoms with E-state index in [1.807, 2.05) is 6.07 Å². The average molecular weight is 554 g/mol. The van der Waals surface area contributed by atoms with Crippen molar-refractivity contribution in [3.8, 4) is 28.6 Å². The molecule has 1 N–H and O–H groups in total. The number of carboxylic acid groups (broad SMARTS) is 1. The third-order valence-corrected chi connectivity index (χ3v) is 7.31. The summed E-state index contributed by atoms with van der Waals surface area (Å²) in [5.74, 6) is -0.00916. The first-order chi connectivity index (χ1) is 17.4. The number of hydrogen-bond acceptors (Lipinski definition) is 6. The molecule has 7 nitrogen and oxygen atoms in total. The van der Waals surface area contributed by atoms with E-state index >= 15 is 0 Å². The van der Waals surface area contributed by atoms with E-state index in [9.17, 15) is 18.7 Å². The number of rotatable bonds is 8. The highest BCUT2D eigenvalue weighted by Gasteiger charge is 2.32. The van der Waals surface area contributed by atoms with E-state index in [1.54, 1.807) is 12.1 Å². The van der Waals surface area contributed by atoms with Crippen LogP contribution < -0.4 is 4.74 Å². The predicted molar refractivity (Wildman–Crippen MR) is 136 cm³/mol. The molecule has 2 aromatic carbocycles. The number of benzene rings is 2. The van der Waals surface area contributed by atoms with E-state index < -0.39 is 25.4 Å². The van der Waals surface area contributed by atoms with Crippen LogP contribution in [0.4, 0.5) is 8.78 Å². The van der Waals surface area contributed by atoms with Gasteiger partial charge in [0.05, 0.1) is 10.9 Å². The summed E-state index contributed by atoms with van der Waals surface area (Å²) in [6.07, 6.45) is 2.07. The van der Waals surface area contributed by atoms with E-state index in [2.05, 4.69) is 27.2 Å². The van der Waals surface area contributed by atoms with Crippen LogP contribution in [-0.2, 0) is 17.9 Å². The van der Waals surface area contributed by atoms with Gasteiger partial charge in [-0.15, -0.1) is 12.4 Å². The van der Waals surface area contributed by atoms with Crippen molar-refractivity contribution >= 4 is 30.0 Å². The maximum absolute atomic E-state index is 12.8. The fourth-order valence-corrected chi connectivity index (χ4v) is 5.20. The van der Waals surface area contributed by atoms with Crippen LogP contribution in [0.1, 0.15) is 36.8 Å². The molecule has 0 spiro atoms. The third kappa shape index (κ3) is 5.89. The number of carbonyl (C=O) groups is 1. The largest absolute Gasteiger partial charge is 0.483 e. The third-order valence-electron chi connectivity index (χ3n) is 7.02. The molecule has 198 valence electrons. The van der Waals surface area contributed by atoms with E-state index in [-0.39, 0.29) is 35.0 Å². The molecule has 3 aromatic rings. The van der Waals surface area contributed by atoms with Crippen LogP contribution in [0.2, 0.25) is 5.02 Å². The summed E-state index contributed by atoms with van der Waals surface area (Å²) in [7, 11) is 0. The molecule has 1 aliphatic heterocycles. The highest BCUT2D eigenvalue weighted by Crippen LogP contribution is 2.35. The molecule has 1 saturated carbocycles. The molecule has 5 rings (SSSR count). The fraction of sp³-hybridized carbons (Fsp3) is 0.423. The lowest BCUT2D eigenvalue weighted by atomic mass is 9.85. The Morgan fingerprint density at radius 1 is 1.08 bits per heavy atom. The first kappa shape index (κ1) is 27.3. The van der Waals surface area contributed by atoms with Gasteiger partial charge in [0.1, 0.15) is 19.1 Å². The van der Waals surface area contributed by atoms with Crippen molar-refractivity contribution < 1.29 is 27.9 Å². The minimum atomic E-state index is -1.20. The lowest BCUT2D eigenvalue weighted by molar-refractivity contribution is -0.143. The minimum absolute atomic E-state index is 0. The standard InChI is InChI=1S/C26H26ClF2N3O4.ClH/c27-22-10-17(5-8-23(22)35-21(11-28)12-29)25-30-24(31-36-25)16-1-2-18-13-32(14-19(18)9-16)20-6-3-15(4-7-20)26(33)34;/h1-2,5,8-10,15,20-21H,3-4,6-7,11-14H2,(H,33,34);1H. The Balaban J connectivity index is 0.00000320. The molecule has 0 atom stereocenters. The molecule has 1 aromatic heterocycles. The number of carboxylic acids is 1. The molecule has 0 saturated heterocycles. The summed E-state index contributed by atoms with van der Waals surface area (Å²) in [6, 6.07) is 11.2. The van der Waals surface area contributed by atoms with Crippen molar-refractivity contribution in [3.05, 3.63) is 52.5 Å². The summed E-state index contributed by atoms with van der Waals surface area (Å²) < 4.78 is 36.2. The number of nitrogens with zero attached hydrogens (tertiary/aromatic N) is 3. The van der Waals surface area contributed by atoms with Crippen LogP contribution in [0.5, 0.6) is 5.75 Å². The molecule has 37 heavy (non-hydrogen) atoms. The van der Waals surface area contributed by atoms with E-state index in [1.165, 1.54) is 17.2 Å². The lowest BCUT2D eigenvalue weighted by Crippen LogP contribution is -2.35. The molecule has 0 amide bonds. The number of fused-ring (bicyclic) bond motifs is 1. The number of aliphatic carboxylic acids is 1. The van der Waals surface area contributed by atoms with E-state index in [0.717, 1.165) is 44.3 Å². The maximum atomic E-state index is 12.8. The monoisotopic (exact) mass is 553 g/mol. The van der Waals surface area contributed by atoms with Crippen molar-refractivity contribution in [2.75, 3.05) is 13.3 Å². The maximum Gasteiger partial charge on any atom is 0.306 e. The van der Waals surface area contributed by atoms with Crippen LogP contribution in [0.3, 0.4) is 0 Å². The average Bonchev–Trinajstić information content (AvgIpc) is 3.55. The molecule has 2 heterocycles. The van der Waals surface area contributed by atoms with Crippen molar-refractivity contribution in [2.45, 2.75) is 50.9 Å². The number of hydrogen-bond donors (Lipinski definition) is 1. The van der Waals surface area contributed by atoms with Crippen molar-refractivity contribution in [1.82, 2.24) is 15.0 Å². The second-order valence-electron chi connectivity index (χ2n) is 9.35. The van der Waals surface area contributed by atoms with Gasteiger partial charge in [0.2, 0.25) is 5.82 Å². The summed E-state index contributed by atoms with van der Waals surface area (Å²) in [5, 5.41) is 13.6. The fourth-order valence-electron chi connectivity index (χ4n) is 4.98. The number of alkyl halides is 2. The molecule has 0 radical (unpaired) electrons. The predicted octanol–water partition coefficient (Wildman–Crippen LogP) is 6.12. The molecule has 2 aliphatic rings. The molecule has 0 bridgehead atoms. The van der Waals surface area contributed by atoms with Gasteiger partial charge in [0.25, 0.3) is 5.89 Å². The zero-order chi connectivity index (χ0) is 25.2. The van der Waals surface area contributed by atoms with E-state index in [4.69, 9.17) is 20.9 Å². The normalized spacial score (nSPS) is 19.5. The molecule has 1 fully saturated rings. The first-order valence-electron chi connectivity index (χ1n) is 12.0. The Kier molecular flexibility index (Phi) is 8.67. The van der Waals surface area contributed by atoms with Gasteiger partial charge in [-0.05, 0) is 61.1 Å². The molecule has 1 aliphatic carbocycles. The van der Waals surface area contributed by atoms with E-state index in [0.29, 0.717) is 17.4 Å². The summed E-state index contributed by atoms with van der Waals surface area (Å²) in [4.78, 5) is 18.2. The summed E-state index contributed by atoms with van der Waals surface area (Å²) >= 11 is 6.23. The number of aromatic nitrogens is 2. The highest BCUT2D eigenvalue weighted by molar-refractivity contribution is 6.32. The quantitative estimate of drug-likeness (QED) is 0.359. The minimum Gasteiger partial charge on any atom is -0.483 e. The van der Waals surface area contributed by atoms with Crippen LogP contribution in [0.25, 0.3) is 22.8 Å². The van der Waals surface area contributed by atoms with Crippen molar-refractivity contribution in [2.24, 2.45) is 5.92 Å². The van der Waals surface area contributed by atoms with Gasteiger partial charge in [-0.2, -0.15) is 4.98 Å². The second kappa shape index (κ2) is 11.8. The van der Waals surface area contributed by atoms with Gasteiger partial charge in [0.15, 0.2) is 6.10 Å². The van der Waals surface area contributed by atoms with Crippen LogP contribution in [0, 0.1) is 5.92 Å². The molecule has 0 unspecified atom stereocenters. The van der Waals surface area contributed by atoms with Gasteiger partial charge < -0.3 is 14.4 Å². The van der Waals surface area contributed by atoms with Gasteiger partial charge in [-0.3, -0.25) is 9.69 Å². The Hall–Kier alpha value is -2.75. The van der Waals surface area contributed by atoms with Crippen molar-refractivity contribution in [1.29, 1.82) is 0 Å². The topological polar surface area (TPSA) is 88.7 Å². The summed E-state index contributed by atoms with van der Waals surface area (Å²) in [5.41, 5.74) is 3.86. The Morgan fingerprint density at radius 2 is 1.78 bits per heavy atom. The van der Waals surface area contributed by atoms with Gasteiger partial charge in [-0.1, -0.05) is 28.9 Å². The van der Waals surface area contributed by atoms with Crippen LogP contribution in [-0.4, -0.2) is 51.6 Å². The smallest absolute Gasteiger partial charge is 0.306 e. The Bertz CT molecular complexity index is 1250. The zero-order valence-corrected chi connectivity index (χ0v) is 21.5. The Labute approximate surface area is 224 Å². The van der Waals surface area contributed by atoms with Crippen molar-refractivity contribution in [3.63, 3.8) is 0 Å². The first-order valence-corrected chi connectivity index (χ1v) is 12.3. The molecular formula is C26H27Cl2F2N3O4. The number of ether oxygens (including phenoxy) is 1. The highest BCUT2D eigenvalue weighted by atomic mass is 35.5. The molecule has 11 heteroatoms. The van der Waals surface area contributed by atoms with Crippen LogP contribution >= 0.6 is 24.0 Å². The van der Waals surface area contributed by atoms with Crippen LogP contribution in [0.15, 0.2) is 40.9 Å². The van der Waals surface area contributed by atoms with Gasteiger partial charge in [-0.25, -0.2) is 8.78 Å². The SMILES string of the molecule is Cl.O=C(O)C1CCC(N2Cc3ccc(-c4noc(-c5ccc(OC(CF)CF)c(Cl)c5)n4)cc3C2)CC1. The summed E-state index contributed by atoms with van der Waals surface area (Å²) in [6.45, 7) is -0.238. The second-order valence-corrected chi connectivity index (χ2v) is 9.76. The number of halogens is 4. The van der Waals surface area contributed by atoms with Gasteiger partial charge in [0, 0.05) is 30.3 Å². The lowest BCUT2D eigenvalue weighted by Gasteiger charge is -2.33. The molecular weight excluding hydrogens is 527 g/mol. The van der Waals surface area contributed by atoms with Gasteiger partial charge >= 0.3 is 5.97 Å². The zero-order valence-electron chi connectivity index (χ0n) is 19.9.